The molecule has 5 amide bonds. The number of Topliss-reactive ketones (excluding diaryl/α,β-unsaturated/α-hetero) is 1. The molecule has 11 nitrogen and oxygen atoms in total. The maximum Gasteiger partial charge on any atom is 0.289 e. The largest absolute Gasteiger partial charge is 0.356 e. The summed E-state index contributed by atoms with van der Waals surface area (Å²) in [5.41, 5.74) is 1.01. The predicted molar refractivity (Wildman–Crippen MR) is 148 cm³/mol. The van der Waals surface area contributed by atoms with Gasteiger partial charge in [-0.15, -0.1) is 0 Å². The monoisotopic (exact) mass is 555 g/mol. The van der Waals surface area contributed by atoms with E-state index < -0.39 is 47.5 Å². The van der Waals surface area contributed by atoms with Crippen molar-refractivity contribution in [1.29, 1.82) is 0 Å². The smallest absolute Gasteiger partial charge is 0.289 e. The first kappa shape index (κ1) is 30.8. The highest BCUT2D eigenvalue weighted by atomic mass is 16.2. The molecule has 0 radical (unpaired) electrons. The van der Waals surface area contributed by atoms with E-state index in [1.54, 1.807) is 0 Å². The fourth-order valence-electron chi connectivity index (χ4n) is 4.63. The minimum atomic E-state index is -1.20. The Bertz CT molecular complexity index is 1070. The number of hydrogen-bond donors (Lipinski definition) is 5. The molecule has 2 fully saturated rings. The zero-order valence-electron chi connectivity index (χ0n) is 23.3. The Balaban J connectivity index is 1.59. The number of rotatable bonds is 15. The van der Waals surface area contributed by atoms with Crippen molar-refractivity contribution in [1.82, 2.24) is 26.6 Å². The van der Waals surface area contributed by atoms with Crippen molar-refractivity contribution in [3.63, 3.8) is 0 Å². The Morgan fingerprint density at radius 3 is 2.30 bits per heavy atom. The van der Waals surface area contributed by atoms with Crippen LogP contribution < -0.4 is 26.6 Å². The molecule has 3 rings (SSSR count). The topological polar surface area (TPSA) is 163 Å². The van der Waals surface area contributed by atoms with Crippen LogP contribution in [-0.4, -0.2) is 66.0 Å². The van der Waals surface area contributed by atoms with Crippen LogP contribution in [0.1, 0.15) is 70.8 Å². The van der Waals surface area contributed by atoms with E-state index >= 15 is 0 Å². The van der Waals surface area contributed by atoms with Crippen molar-refractivity contribution >= 4 is 35.3 Å². The van der Waals surface area contributed by atoms with Gasteiger partial charge in [0.05, 0.1) is 6.04 Å². The van der Waals surface area contributed by atoms with Crippen molar-refractivity contribution in [3.05, 3.63) is 35.9 Å². The second-order valence-electron chi connectivity index (χ2n) is 10.7. The number of nitrogens with one attached hydrogen (secondary N) is 5. The van der Waals surface area contributed by atoms with Gasteiger partial charge in [-0.3, -0.25) is 28.8 Å². The molecule has 1 aromatic rings. The fourth-order valence-corrected chi connectivity index (χ4v) is 4.63. The summed E-state index contributed by atoms with van der Waals surface area (Å²) in [7, 11) is 0. The number of piperidine rings is 1. The lowest BCUT2D eigenvalue weighted by Gasteiger charge is -2.27. The maximum atomic E-state index is 13.3. The fraction of sp³-hybridized carbons (Fsp3) is 0.586. The van der Waals surface area contributed by atoms with Crippen LogP contribution in [0.25, 0.3) is 0 Å². The van der Waals surface area contributed by atoms with Crippen molar-refractivity contribution in [2.75, 3.05) is 6.54 Å². The normalized spacial score (nSPS) is 18.9. The molecule has 0 aromatic heterocycles. The van der Waals surface area contributed by atoms with Crippen LogP contribution in [0, 0.1) is 5.92 Å². The van der Waals surface area contributed by atoms with Crippen LogP contribution in [0.2, 0.25) is 0 Å². The van der Waals surface area contributed by atoms with E-state index in [0.717, 1.165) is 24.8 Å². The van der Waals surface area contributed by atoms with Gasteiger partial charge in [0, 0.05) is 24.9 Å². The molecule has 4 atom stereocenters. The molecular weight excluding hydrogens is 514 g/mol. The van der Waals surface area contributed by atoms with Gasteiger partial charge in [-0.1, -0.05) is 43.7 Å². The number of carbonyl (C=O) groups is 6. The number of carbonyl (C=O) groups excluding carboxylic acids is 6. The van der Waals surface area contributed by atoms with Gasteiger partial charge in [-0.2, -0.15) is 0 Å². The summed E-state index contributed by atoms with van der Waals surface area (Å²) in [5, 5.41) is 13.4. The predicted octanol–water partition coefficient (Wildman–Crippen LogP) is 0.658. The molecule has 40 heavy (non-hydrogen) atoms. The van der Waals surface area contributed by atoms with Gasteiger partial charge in [0.1, 0.15) is 12.1 Å². The zero-order chi connectivity index (χ0) is 29.1. The third-order valence-electron chi connectivity index (χ3n) is 7.15. The van der Waals surface area contributed by atoms with E-state index in [0.29, 0.717) is 25.8 Å². The van der Waals surface area contributed by atoms with E-state index in [2.05, 4.69) is 26.6 Å². The SMILES string of the molecule is CCC[C@H](NC(=O)[C@@H](C)NC(=O)CCc1ccccc1)C(=O)N[C@@H](C[C@@H]1CCCNC1=O)C(=O)C(=O)NC1CC1. The molecule has 0 unspecified atom stereocenters. The first-order chi connectivity index (χ1) is 19.2. The van der Waals surface area contributed by atoms with E-state index in [-0.39, 0.29) is 37.1 Å². The van der Waals surface area contributed by atoms with E-state index in [4.69, 9.17) is 0 Å². The number of ketones is 1. The first-order valence-corrected chi connectivity index (χ1v) is 14.2. The van der Waals surface area contributed by atoms with Gasteiger partial charge >= 0.3 is 0 Å². The quantitative estimate of drug-likeness (QED) is 0.200. The molecule has 0 spiro atoms. The lowest BCUT2D eigenvalue weighted by atomic mass is 9.89. The Morgan fingerprint density at radius 1 is 0.950 bits per heavy atom. The Morgan fingerprint density at radius 2 is 1.65 bits per heavy atom. The third kappa shape index (κ3) is 9.77. The number of aryl methyl sites for hydroxylation is 1. The van der Waals surface area contributed by atoms with Crippen LogP contribution in [0.5, 0.6) is 0 Å². The van der Waals surface area contributed by atoms with Gasteiger partial charge in [-0.25, -0.2) is 0 Å². The molecule has 2 aliphatic rings. The van der Waals surface area contributed by atoms with E-state index in [1.807, 2.05) is 37.3 Å². The Labute approximate surface area is 235 Å². The van der Waals surface area contributed by atoms with Crippen LogP contribution in [-0.2, 0) is 35.2 Å². The van der Waals surface area contributed by atoms with Crippen molar-refractivity contribution in [2.24, 2.45) is 5.92 Å². The molecule has 218 valence electrons. The van der Waals surface area contributed by atoms with Crippen molar-refractivity contribution < 1.29 is 28.8 Å². The number of benzene rings is 1. The molecule has 1 aliphatic carbocycles. The lowest BCUT2D eigenvalue weighted by Crippen LogP contribution is -2.57. The Hall–Kier alpha value is -3.76. The summed E-state index contributed by atoms with van der Waals surface area (Å²) in [6, 6.07) is 6.41. The highest BCUT2D eigenvalue weighted by molar-refractivity contribution is 6.38. The van der Waals surface area contributed by atoms with Gasteiger partial charge in [0.25, 0.3) is 5.91 Å². The van der Waals surface area contributed by atoms with Crippen LogP contribution in [0.4, 0.5) is 0 Å². The minimum absolute atomic E-state index is 0.00480. The van der Waals surface area contributed by atoms with Crippen molar-refractivity contribution in [2.45, 2.75) is 95.8 Å². The zero-order valence-corrected chi connectivity index (χ0v) is 23.3. The molecule has 5 N–H and O–H groups in total. The second kappa shape index (κ2) is 15.1. The van der Waals surface area contributed by atoms with E-state index in [1.165, 1.54) is 6.92 Å². The van der Waals surface area contributed by atoms with Gasteiger partial charge in [0.15, 0.2) is 0 Å². The molecule has 11 heteroatoms. The van der Waals surface area contributed by atoms with Crippen LogP contribution in [0.3, 0.4) is 0 Å². The van der Waals surface area contributed by atoms with Gasteiger partial charge in [-0.05, 0) is 57.4 Å². The summed E-state index contributed by atoms with van der Waals surface area (Å²) in [4.78, 5) is 76.4. The molecule has 0 bridgehead atoms. The van der Waals surface area contributed by atoms with E-state index in [9.17, 15) is 28.8 Å². The van der Waals surface area contributed by atoms with Gasteiger partial charge < -0.3 is 26.6 Å². The Kier molecular flexibility index (Phi) is 11.6. The second-order valence-corrected chi connectivity index (χ2v) is 10.7. The number of amides is 5. The highest BCUT2D eigenvalue weighted by Gasteiger charge is 2.36. The molecule has 1 saturated heterocycles. The maximum absolute atomic E-state index is 13.3. The lowest BCUT2D eigenvalue weighted by molar-refractivity contribution is -0.141. The van der Waals surface area contributed by atoms with Gasteiger partial charge in [0.2, 0.25) is 29.4 Å². The summed E-state index contributed by atoms with van der Waals surface area (Å²) < 4.78 is 0. The summed E-state index contributed by atoms with van der Waals surface area (Å²) in [6.07, 6.45) is 4.46. The number of hydrogen-bond acceptors (Lipinski definition) is 6. The average molecular weight is 556 g/mol. The summed E-state index contributed by atoms with van der Waals surface area (Å²) >= 11 is 0. The highest BCUT2D eigenvalue weighted by Crippen LogP contribution is 2.20. The standard InChI is InChI=1S/C29H41N5O6/c1-3-8-22(33-26(37)18(2)31-24(35)15-12-19-9-5-4-6-10-19)28(39)34-23(17-20-11-7-16-30-27(20)38)25(36)29(40)32-21-13-14-21/h4-6,9-10,18,20-23H,3,7-8,11-17H2,1-2H3,(H,30,38)(H,31,35)(H,32,40)(H,33,37)(H,34,39)/t18-,20+,22+,23+/m1/s1. The molecule has 1 heterocycles. The van der Waals surface area contributed by atoms with Crippen LogP contribution in [0.15, 0.2) is 30.3 Å². The third-order valence-corrected chi connectivity index (χ3v) is 7.15. The minimum Gasteiger partial charge on any atom is -0.356 e. The average Bonchev–Trinajstić information content (AvgIpc) is 3.76. The molecule has 1 saturated carbocycles. The first-order valence-electron chi connectivity index (χ1n) is 14.2. The van der Waals surface area contributed by atoms with Crippen LogP contribution >= 0.6 is 0 Å². The summed E-state index contributed by atoms with van der Waals surface area (Å²) in [6.45, 7) is 3.93. The van der Waals surface area contributed by atoms with Crippen molar-refractivity contribution in [3.8, 4) is 0 Å². The molecule has 1 aliphatic heterocycles. The molecular formula is C29H41N5O6. The molecule has 1 aromatic carbocycles. The summed E-state index contributed by atoms with van der Waals surface area (Å²) in [5.74, 6) is -3.76.